The minimum Gasteiger partial charge on any atom is -0.480 e. The topological polar surface area (TPSA) is 644 Å². The molecule has 40 heteroatoms. The Kier molecular flexibility index (Phi) is 49.0. The van der Waals surface area contributed by atoms with E-state index in [2.05, 4.69) is 37.2 Å². The molecule has 0 aromatic heterocycles. The molecule has 0 saturated heterocycles. The van der Waals surface area contributed by atoms with Crippen molar-refractivity contribution in [3.63, 3.8) is 0 Å². The van der Waals surface area contributed by atoms with E-state index < -0.39 is 194 Å². The zero-order valence-corrected chi connectivity index (χ0v) is 51.7. The van der Waals surface area contributed by atoms with Gasteiger partial charge in [0.1, 0.15) is 48.3 Å². The minimum absolute atomic E-state index is 0.103. The maximum Gasteiger partial charge on any atom is 0.373 e. The van der Waals surface area contributed by atoms with Crippen molar-refractivity contribution in [2.45, 2.75) is 138 Å². The first-order valence-electron chi connectivity index (χ1n) is 26.2. The fourth-order valence-corrected chi connectivity index (χ4v) is 8.24. The van der Waals surface area contributed by atoms with Crippen LogP contribution in [0.2, 0.25) is 0 Å². The van der Waals surface area contributed by atoms with Crippen molar-refractivity contribution in [2.24, 2.45) is 17.8 Å². The lowest BCUT2D eigenvalue weighted by molar-refractivity contribution is -0.192. The standard InChI is InChI=1S/C16H27N3O8S.2C16H28N2O10S.CO2/c1-8(17-2)11(20)4-9(5-13(22)18-6-12(21)16(26)27)14(23)19-10(7-28-3)15(24)25;2*1-3-7(14(24)18-8(6-29-2)15(25)26)4-10(20)17-5-9(19)11(21)12(22)13(23)16(27)28;2-1-3/h8-10,12,17,21H,4-7H2,1-3H3,(H,18,22)(H,19,23)(H,24,25)(H,26,27);2*7-9,11-13,19,21-23H,3-6H2,1-2H3,(H,17,20)(H,18,24)(H,25,26)(H,27,28);/t;7-,8+,9+,11-,12+,13+;7-,8-,9-,11+,12-,13-;/m.10./s1. The number of hydrogen-bond acceptors (Lipinski definition) is 28. The van der Waals surface area contributed by atoms with E-state index in [0.717, 1.165) is 0 Å². The van der Waals surface area contributed by atoms with Gasteiger partial charge in [-0.25, -0.2) is 28.8 Å². The number of aliphatic hydroxyl groups is 9. The number of Topliss-reactive ketones (excluding diaryl/α,β-unsaturated/α-hetero) is 1. The summed E-state index contributed by atoms with van der Waals surface area (Å²) < 4.78 is 0. The van der Waals surface area contributed by atoms with Gasteiger partial charge in [-0.1, -0.05) is 13.8 Å². The number of rotatable bonds is 42. The number of likely N-dealkylation sites (N-methyl/N-ethyl adjacent to an activating group) is 1. The van der Waals surface area contributed by atoms with Crippen molar-refractivity contribution in [1.82, 2.24) is 37.2 Å². The largest absolute Gasteiger partial charge is 0.480 e. The van der Waals surface area contributed by atoms with Gasteiger partial charge in [-0.15, -0.1) is 0 Å². The lowest BCUT2D eigenvalue weighted by atomic mass is 9.94. The predicted octanol–water partition coefficient (Wildman–Crippen LogP) is -8.57. The molecule has 4 unspecified atom stereocenters. The molecule has 0 aliphatic carbocycles. The van der Waals surface area contributed by atoms with Gasteiger partial charge in [0.2, 0.25) is 35.4 Å². The number of carboxylic acids is 6. The van der Waals surface area contributed by atoms with Crippen LogP contribution in [0.15, 0.2) is 0 Å². The first-order chi connectivity index (χ1) is 41.3. The number of carboxylic acid groups (broad SMARTS) is 6. The van der Waals surface area contributed by atoms with Gasteiger partial charge in [-0.3, -0.25) is 33.6 Å². The summed E-state index contributed by atoms with van der Waals surface area (Å²) in [5.74, 6) is -15.7. The molecule has 0 saturated carbocycles. The molecule has 0 aliphatic heterocycles. The molecule has 0 spiro atoms. The zero-order valence-electron chi connectivity index (χ0n) is 49.3. The Morgan fingerprint density at radius 1 is 0.416 bits per heavy atom. The molecule has 6 amide bonds. The summed E-state index contributed by atoms with van der Waals surface area (Å²) in [7, 11) is 1.55. The normalized spacial score (nSPS) is 16.1. The highest BCUT2D eigenvalue weighted by Crippen LogP contribution is 2.15. The molecule has 0 radical (unpaired) electrons. The smallest absolute Gasteiger partial charge is 0.373 e. The van der Waals surface area contributed by atoms with Crippen molar-refractivity contribution in [2.75, 3.05) is 62.7 Å². The van der Waals surface area contributed by atoms with Gasteiger partial charge in [-0.2, -0.15) is 44.9 Å². The Labute approximate surface area is 521 Å². The second-order valence-corrected chi connectivity index (χ2v) is 21.5. The highest BCUT2D eigenvalue weighted by molar-refractivity contribution is 7.99. The van der Waals surface area contributed by atoms with Crippen molar-refractivity contribution in [3.05, 3.63) is 0 Å². The van der Waals surface area contributed by atoms with E-state index in [1.807, 2.05) is 0 Å². The van der Waals surface area contributed by atoms with Crippen LogP contribution in [0.4, 0.5) is 0 Å². The fraction of sp³-hybridized carbons (Fsp3) is 0.714. The van der Waals surface area contributed by atoms with E-state index in [9.17, 15) is 98.1 Å². The second-order valence-electron chi connectivity index (χ2n) is 18.8. The van der Waals surface area contributed by atoms with Crippen LogP contribution >= 0.6 is 35.3 Å². The average Bonchev–Trinajstić information content (AvgIpc) is 2.90. The molecule has 512 valence electrons. The molecule has 0 heterocycles. The minimum atomic E-state index is -2.33. The van der Waals surface area contributed by atoms with E-state index in [4.69, 9.17) is 50.4 Å². The van der Waals surface area contributed by atoms with Crippen LogP contribution in [0.1, 0.15) is 59.3 Å². The molecule has 0 aliphatic rings. The maximum atomic E-state index is 12.5. The quantitative estimate of drug-likeness (QED) is 0.0270. The van der Waals surface area contributed by atoms with E-state index in [-0.39, 0.29) is 61.3 Å². The summed E-state index contributed by atoms with van der Waals surface area (Å²) in [6.45, 7) is 3.12. The van der Waals surface area contributed by atoms with Gasteiger partial charge < -0.3 is 114 Å². The van der Waals surface area contributed by atoms with E-state index in [1.165, 1.54) is 35.3 Å². The Morgan fingerprint density at radius 2 is 0.697 bits per heavy atom. The number of nitrogens with one attached hydrogen (secondary N) is 7. The highest BCUT2D eigenvalue weighted by Gasteiger charge is 2.37. The van der Waals surface area contributed by atoms with Crippen molar-refractivity contribution < 1.29 is 149 Å². The Balaban J connectivity index is -0.000000595. The van der Waals surface area contributed by atoms with Crippen LogP contribution in [-0.4, -0.2) is 302 Å². The number of amides is 6. The maximum absolute atomic E-state index is 12.5. The molecule has 89 heavy (non-hydrogen) atoms. The number of thioether (sulfide) groups is 3. The molecule has 0 bridgehead atoms. The van der Waals surface area contributed by atoms with Crippen LogP contribution in [0.25, 0.3) is 0 Å². The molecule has 0 rings (SSSR count). The van der Waals surface area contributed by atoms with Gasteiger partial charge in [0, 0.05) is 67.9 Å². The third kappa shape index (κ3) is 38.5. The molecule has 0 fully saturated rings. The number of carbonyl (C=O) groups is 13. The third-order valence-corrected chi connectivity index (χ3v) is 14.0. The van der Waals surface area contributed by atoms with Crippen LogP contribution < -0.4 is 37.2 Å². The van der Waals surface area contributed by atoms with Gasteiger partial charge in [0.15, 0.2) is 18.3 Å². The predicted molar refractivity (Wildman–Crippen MR) is 308 cm³/mol. The van der Waals surface area contributed by atoms with Crippen LogP contribution in [0, 0.1) is 17.8 Å². The highest BCUT2D eigenvalue weighted by atomic mass is 32.2. The van der Waals surface area contributed by atoms with Crippen molar-refractivity contribution in [1.29, 1.82) is 0 Å². The Bertz CT molecular complexity index is 2210. The number of aliphatic carboxylic acids is 6. The van der Waals surface area contributed by atoms with Crippen LogP contribution in [-0.2, 0) is 71.9 Å². The Hall–Kier alpha value is -6.66. The van der Waals surface area contributed by atoms with E-state index in [0.29, 0.717) is 0 Å². The van der Waals surface area contributed by atoms with Crippen LogP contribution in [0.5, 0.6) is 0 Å². The third-order valence-electron chi connectivity index (χ3n) is 12.0. The van der Waals surface area contributed by atoms with Gasteiger partial charge in [0.25, 0.3) is 0 Å². The monoisotopic (exact) mass is 1350 g/mol. The Morgan fingerprint density at radius 3 is 0.944 bits per heavy atom. The molecular weight excluding hydrogens is 1260 g/mol. The first kappa shape index (κ1) is 88.8. The van der Waals surface area contributed by atoms with Gasteiger partial charge >= 0.3 is 42.0 Å². The summed E-state index contributed by atoms with van der Waals surface area (Å²) in [4.78, 5) is 166. The number of ketones is 1. The number of carbonyl (C=O) groups excluding carboxylic acids is 9. The summed E-state index contributed by atoms with van der Waals surface area (Å²) in [5.41, 5.74) is 0. The first-order valence-corrected chi connectivity index (χ1v) is 30.4. The molecule has 16 atom stereocenters. The number of aliphatic hydroxyl groups excluding tert-OH is 9. The molecule has 0 aromatic carbocycles. The molecule has 0 aromatic rings. The van der Waals surface area contributed by atoms with Gasteiger partial charge in [-0.05, 0) is 45.6 Å². The van der Waals surface area contributed by atoms with Gasteiger partial charge in [0.05, 0.1) is 30.7 Å². The summed E-state index contributed by atoms with van der Waals surface area (Å²) in [5, 5.41) is 155. The average molecular weight is 1350 g/mol. The summed E-state index contributed by atoms with van der Waals surface area (Å²) >= 11 is 3.67. The molecule has 37 nitrogen and oxygen atoms in total. The van der Waals surface area contributed by atoms with Crippen LogP contribution in [0.3, 0.4) is 0 Å². The number of hydrogen-bond donors (Lipinski definition) is 22. The lowest BCUT2D eigenvalue weighted by Gasteiger charge is -2.25. The fourth-order valence-electron chi connectivity index (χ4n) is 6.56. The van der Waals surface area contributed by atoms with E-state index in [1.54, 1.807) is 46.6 Å². The van der Waals surface area contributed by atoms with Crippen molar-refractivity contribution in [3.8, 4) is 0 Å². The second kappa shape index (κ2) is 49.2. The lowest BCUT2D eigenvalue weighted by Crippen LogP contribution is -2.51. The van der Waals surface area contributed by atoms with E-state index >= 15 is 0 Å². The zero-order chi connectivity index (χ0) is 70.0. The molecule has 22 N–H and O–H groups in total. The van der Waals surface area contributed by atoms with Crippen molar-refractivity contribution >= 4 is 118 Å². The summed E-state index contributed by atoms with van der Waals surface area (Å²) in [6, 6.07) is -3.96. The molecular formula is C49H83N7O30S3. The SMILES string of the molecule is CC[C@@H](CC(=O)NC[C@H](O)[C@@H](O)[C@H](O)[C@H](O)C(=O)O)C(=O)N[C@@H](CSC)C(=O)O.CC[C@H](CC(=O)NC[C@H](O)[C@@H](O)[C@H](O)[C@H](O)C(=O)O)C(=O)N[C@@H](CSC)C(=O)O.CNC(C)C(=O)CC(CC(=O)NCC(O)C(=O)O)C(=O)NC(CSC)C(=O)O.O=C=O. The summed E-state index contributed by atoms with van der Waals surface area (Å²) in [6.07, 6.45) is -14.2.